The van der Waals surface area contributed by atoms with E-state index in [-0.39, 0.29) is 11.3 Å². The Hall–Kier alpha value is -1.93. The first-order valence-electron chi connectivity index (χ1n) is 8.70. The van der Waals surface area contributed by atoms with Crippen LogP contribution >= 0.6 is 0 Å². The summed E-state index contributed by atoms with van der Waals surface area (Å²) in [6, 6.07) is 5.22. The molecule has 26 heavy (non-hydrogen) atoms. The Balaban J connectivity index is 3.33. The van der Waals surface area contributed by atoms with Gasteiger partial charge in [-0.25, -0.2) is 8.42 Å². The van der Waals surface area contributed by atoms with Gasteiger partial charge >= 0.3 is 0 Å². The molecule has 0 bridgehead atoms. The average Bonchev–Trinajstić information content (AvgIpc) is 2.59. The monoisotopic (exact) mass is 384 g/mol. The maximum Gasteiger partial charge on any atom is 0.239 e. The first-order chi connectivity index (χ1) is 12.2. The number of hydrogen-bond acceptors (Lipinski definition) is 5. The van der Waals surface area contributed by atoms with Gasteiger partial charge in [-0.2, -0.15) is 0 Å². The van der Waals surface area contributed by atoms with E-state index in [1.54, 1.807) is 19.1 Å². The van der Waals surface area contributed by atoms with Gasteiger partial charge in [-0.1, -0.05) is 38.0 Å². The number of carbonyl (C=O) groups excluding carboxylic acids is 2. The average molecular weight is 384 g/mol. The van der Waals surface area contributed by atoms with Crippen LogP contribution in [-0.4, -0.2) is 43.2 Å². The van der Waals surface area contributed by atoms with E-state index in [9.17, 15) is 23.1 Å². The minimum absolute atomic E-state index is 0.00456. The number of sulfone groups is 1. The molecule has 0 heterocycles. The van der Waals surface area contributed by atoms with Crippen molar-refractivity contribution in [2.45, 2.75) is 56.2 Å². The summed E-state index contributed by atoms with van der Waals surface area (Å²) in [5, 5.41) is 10.6. The number of aliphatic hydroxyl groups is 1. The van der Waals surface area contributed by atoms with Gasteiger partial charge in [0.05, 0.1) is 4.90 Å². The predicted molar refractivity (Wildman–Crippen MR) is 99.1 cm³/mol. The third kappa shape index (κ3) is 5.28. The number of hydrogen-bond donors (Lipinski definition) is 3. The number of nitrogens with two attached hydrogens (primary N) is 1. The molecule has 0 radical (unpaired) electrons. The van der Waals surface area contributed by atoms with Crippen molar-refractivity contribution >= 4 is 21.7 Å². The van der Waals surface area contributed by atoms with Crippen molar-refractivity contribution in [1.29, 1.82) is 0 Å². The highest BCUT2D eigenvalue weighted by Gasteiger charge is 2.40. The lowest BCUT2D eigenvalue weighted by Gasteiger charge is -2.26. The van der Waals surface area contributed by atoms with Crippen molar-refractivity contribution in [3.8, 4) is 0 Å². The normalized spacial score (nSPS) is 15.1. The molecule has 0 aliphatic carbocycles. The standard InChI is InChI=1S/C18H28N2O5S/c1-4-6-13(11-21)16(18(23)20-15(5-2)17(19)22)26(24,25)14-9-7-12(3)8-10-14/h7-10,13,15-16,21H,4-6,11H2,1-3H3,(H2,19,22)(H,20,23)/t13?,15-,16?/m0/s1. The second kappa shape index (κ2) is 9.68. The number of aliphatic hydroxyl groups excluding tert-OH is 1. The van der Waals surface area contributed by atoms with E-state index in [0.717, 1.165) is 5.56 Å². The Morgan fingerprint density at radius 2 is 1.77 bits per heavy atom. The number of benzene rings is 1. The summed E-state index contributed by atoms with van der Waals surface area (Å²) in [6.07, 6.45) is 1.20. The van der Waals surface area contributed by atoms with E-state index < -0.39 is 45.5 Å². The molecule has 0 spiro atoms. The number of aryl methyl sites for hydroxylation is 1. The van der Waals surface area contributed by atoms with Gasteiger partial charge in [-0.15, -0.1) is 0 Å². The highest BCUT2D eigenvalue weighted by molar-refractivity contribution is 7.92. The van der Waals surface area contributed by atoms with Gasteiger partial charge in [0.25, 0.3) is 0 Å². The summed E-state index contributed by atoms with van der Waals surface area (Å²) in [5.74, 6) is -2.33. The van der Waals surface area contributed by atoms with Crippen molar-refractivity contribution in [1.82, 2.24) is 5.32 Å². The quantitative estimate of drug-likeness (QED) is 0.553. The van der Waals surface area contributed by atoms with Crippen LogP contribution in [0.2, 0.25) is 0 Å². The molecule has 4 N–H and O–H groups in total. The van der Waals surface area contributed by atoms with Crippen LogP contribution in [-0.2, 0) is 19.4 Å². The van der Waals surface area contributed by atoms with Crippen molar-refractivity contribution in [3.63, 3.8) is 0 Å². The van der Waals surface area contributed by atoms with Crippen LogP contribution in [0.25, 0.3) is 0 Å². The van der Waals surface area contributed by atoms with E-state index >= 15 is 0 Å². The van der Waals surface area contributed by atoms with Gasteiger partial charge < -0.3 is 16.2 Å². The van der Waals surface area contributed by atoms with Crippen LogP contribution in [0.3, 0.4) is 0 Å². The van der Waals surface area contributed by atoms with Gasteiger partial charge in [0.2, 0.25) is 11.8 Å². The predicted octanol–water partition coefficient (Wildman–Crippen LogP) is 0.926. The Morgan fingerprint density at radius 1 is 1.19 bits per heavy atom. The molecule has 1 aromatic carbocycles. The fraction of sp³-hybridized carbons (Fsp3) is 0.556. The molecule has 1 aromatic rings. The first-order valence-corrected chi connectivity index (χ1v) is 10.2. The van der Waals surface area contributed by atoms with E-state index in [4.69, 9.17) is 5.73 Å². The largest absolute Gasteiger partial charge is 0.396 e. The Kier molecular flexibility index (Phi) is 8.23. The summed E-state index contributed by atoms with van der Waals surface area (Å²) in [4.78, 5) is 24.2. The number of carbonyl (C=O) groups is 2. The molecule has 0 saturated heterocycles. The van der Waals surface area contributed by atoms with Crippen LogP contribution in [0.5, 0.6) is 0 Å². The number of amides is 2. The van der Waals surface area contributed by atoms with Crippen molar-refractivity contribution in [3.05, 3.63) is 29.8 Å². The lowest BCUT2D eigenvalue weighted by atomic mass is 9.99. The summed E-state index contributed by atoms with van der Waals surface area (Å²) in [5.41, 5.74) is 6.13. The molecule has 1 rings (SSSR count). The first kappa shape index (κ1) is 22.1. The highest BCUT2D eigenvalue weighted by atomic mass is 32.2. The molecule has 146 valence electrons. The molecule has 0 aliphatic heterocycles. The van der Waals surface area contributed by atoms with Crippen molar-refractivity contribution in [2.24, 2.45) is 11.7 Å². The molecule has 0 aromatic heterocycles. The minimum Gasteiger partial charge on any atom is -0.396 e. The van der Waals surface area contributed by atoms with Crippen molar-refractivity contribution in [2.75, 3.05) is 6.61 Å². The maximum absolute atomic E-state index is 13.1. The van der Waals surface area contributed by atoms with E-state index in [2.05, 4.69) is 5.32 Å². The lowest BCUT2D eigenvalue weighted by molar-refractivity contribution is -0.128. The fourth-order valence-electron chi connectivity index (χ4n) is 2.82. The third-order valence-corrected chi connectivity index (χ3v) is 6.53. The minimum atomic E-state index is -4.05. The molecule has 8 heteroatoms. The third-order valence-electron chi connectivity index (χ3n) is 4.33. The van der Waals surface area contributed by atoms with Crippen LogP contribution < -0.4 is 11.1 Å². The number of rotatable bonds is 10. The molecular formula is C18H28N2O5S. The van der Waals surface area contributed by atoms with Gasteiger partial charge in [-0.05, 0) is 31.9 Å². The highest BCUT2D eigenvalue weighted by Crippen LogP contribution is 2.25. The maximum atomic E-state index is 13.1. The van der Waals surface area contributed by atoms with E-state index in [1.807, 2.05) is 13.8 Å². The molecule has 7 nitrogen and oxygen atoms in total. The molecule has 0 aliphatic rings. The van der Waals surface area contributed by atoms with Gasteiger partial charge in [0.15, 0.2) is 9.84 Å². The second-order valence-electron chi connectivity index (χ2n) is 6.38. The van der Waals surface area contributed by atoms with Crippen LogP contribution in [0, 0.1) is 12.8 Å². The Labute approximate surface area is 154 Å². The summed E-state index contributed by atoms with van der Waals surface area (Å²) in [6.45, 7) is 4.88. The van der Waals surface area contributed by atoms with Crippen LogP contribution in [0.1, 0.15) is 38.7 Å². The lowest BCUT2D eigenvalue weighted by Crippen LogP contribution is -2.52. The molecule has 3 atom stereocenters. The topological polar surface area (TPSA) is 127 Å². The number of primary amides is 1. The van der Waals surface area contributed by atoms with Gasteiger partial charge in [0.1, 0.15) is 11.3 Å². The molecular weight excluding hydrogens is 356 g/mol. The molecule has 0 fully saturated rings. The van der Waals surface area contributed by atoms with Crippen LogP contribution in [0.4, 0.5) is 0 Å². The summed E-state index contributed by atoms with van der Waals surface area (Å²) >= 11 is 0. The van der Waals surface area contributed by atoms with E-state index in [1.165, 1.54) is 12.1 Å². The van der Waals surface area contributed by atoms with Crippen LogP contribution in [0.15, 0.2) is 29.2 Å². The molecule has 2 amide bonds. The summed E-state index contributed by atoms with van der Waals surface area (Å²) in [7, 11) is -4.05. The Bertz CT molecular complexity index is 716. The Morgan fingerprint density at radius 3 is 2.19 bits per heavy atom. The van der Waals surface area contributed by atoms with Crippen molar-refractivity contribution < 1.29 is 23.1 Å². The fourth-order valence-corrected chi connectivity index (χ4v) is 4.71. The SMILES string of the molecule is CCCC(CO)C(C(=O)N[C@@H](CC)C(N)=O)S(=O)(=O)c1ccc(C)cc1. The zero-order valence-corrected chi connectivity index (χ0v) is 16.3. The zero-order chi connectivity index (χ0) is 19.9. The zero-order valence-electron chi connectivity index (χ0n) is 15.4. The summed E-state index contributed by atoms with van der Waals surface area (Å²) < 4.78 is 26.2. The second-order valence-corrected chi connectivity index (χ2v) is 8.45. The smallest absolute Gasteiger partial charge is 0.239 e. The molecule has 0 saturated carbocycles. The van der Waals surface area contributed by atoms with E-state index in [0.29, 0.717) is 12.8 Å². The van der Waals surface area contributed by atoms with Gasteiger partial charge in [0, 0.05) is 12.5 Å². The number of nitrogens with one attached hydrogen (secondary N) is 1. The molecule has 2 unspecified atom stereocenters. The van der Waals surface area contributed by atoms with Gasteiger partial charge in [-0.3, -0.25) is 9.59 Å².